The number of nitrogens with two attached hydrogens (primary N) is 1. The van der Waals surface area contributed by atoms with Crippen molar-refractivity contribution >= 4 is 35.4 Å². The molecule has 2 atom stereocenters. The zero-order chi connectivity index (χ0) is 29.5. The molecule has 0 saturated heterocycles. The highest BCUT2D eigenvalue weighted by Gasteiger charge is 2.55. The maximum Gasteiger partial charge on any atom is 0.265 e. The molecule has 5 rings (SSSR count). The van der Waals surface area contributed by atoms with E-state index >= 15 is 0 Å². The summed E-state index contributed by atoms with van der Waals surface area (Å²) in [5.74, 6) is -5.14. The van der Waals surface area contributed by atoms with Gasteiger partial charge in [0.2, 0.25) is 11.6 Å². The average Bonchev–Trinajstić information content (AvgIpc) is 3.36. The average molecular weight is 553 g/mol. The molecule has 3 aromatic rings. The summed E-state index contributed by atoms with van der Waals surface area (Å²) in [5, 5.41) is 2.59. The van der Waals surface area contributed by atoms with Crippen molar-refractivity contribution < 1.29 is 28.8 Å². The van der Waals surface area contributed by atoms with Crippen LogP contribution in [0.25, 0.3) is 0 Å². The van der Waals surface area contributed by atoms with Gasteiger partial charge < -0.3 is 11.1 Å². The molecule has 0 bridgehead atoms. The molecule has 6 amide bonds. The normalized spacial score (nSPS) is 16.5. The fraction of sp³-hybridized carbons (Fsp3) is 0.226. The fourth-order valence-corrected chi connectivity index (χ4v) is 5.42. The highest BCUT2D eigenvalue weighted by Crippen LogP contribution is 2.32. The number of imide groups is 2. The van der Waals surface area contributed by atoms with Gasteiger partial charge in [-0.1, -0.05) is 68.4 Å². The second-order valence-electron chi connectivity index (χ2n) is 10.5. The molecule has 2 unspecified atom stereocenters. The topological polar surface area (TPSA) is 147 Å². The van der Waals surface area contributed by atoms with Crippen LogP contribution in [0, 0.1) is 5.92 Å². The van der Waals surface area contributed by atoms with E-state index in [-0.39, 0.29) is 41.0 Å². The van der Waals surface area contributed by atoms with Crippen LogP contribution in [-0.2, 0) is 16.0 Å². The smallest absolute Gasteiger partial charge is 0.265 e. The van der Waals surface area contributed by atoms with E-state index in [1.807, 2.05) is 13.8 Å². The third kappa shape index (κ3) is 4.57. The van der Waals surface area contributed by atoms with Crippen LogP contribution in [0.5, 0.6) is 0 Å². The fourth-order valence-electron chi connectivity index (χ4n) is 5.42. The Morgan fingerprint density at radius 1 is 0.732 bits per heavy atom. The third-order valence-corrected chi connectivity index (χ3v) is 7.35. The number of carbonyl (C=O) groups excluding carboxylic acids is 6. The molecule has 208 valence electrons. The summed E-state index contributed by atoms with van der Waals surface area (Å²) >= 11 is 0. The predicted molar refractivity (Wildman–Crippen MR) is 147 cm³/mol. The molecule has 0 spiro atoms. The van der Waals surface area contributed by atoms with E-state index in [9.17, 15) is 28.8 Å². The maximum atomic E-state index is 14.1. The van der Waals surface area contributed by atoms with Crippen LogP contribution >= 0.6 is 0 Å². The van der Waals surface area contributed by atoms with E-state index in [2.05, 4.69) is 5.32 Å². The van der Waals surface area contributed by atoms with Crippen molar-refractivity contribution in [3.05, 3.63) is 107 Å². The zero-order valence-corrected chi connectivity index (χ0v) is 22.5. The van der Waals surface area contributed by atoms with Crippen LogP contribution in [0.3, 0.4) is 0 Å². The maximum absolute atomic E-state index is 14.1. The molecule has 2 heterocycles. The number of rotatable bonds is 9. The van der Waals surface area contributed by atoms with Crippen molar-refractivity contribution in [2.45, 2.75) is 38.4 Å². The van der Waals surface area contributed by atoms with Crippen molar-refractivity contribution in [2.75, 3.05) is 0 Å². The SMILES string of the molecule is CC(C)CC(C(=O)NC(Cc1ccccc1)(C(N)=O)N1C(=O)c2ccccc2C1=O)N1C(=O)c2ccccc2C1=O. The van der Waals surface area contributed by atoms with E-state index < -0.39 is 47.1 Å². The minimum absolute atomic E-state index is 0.0552. The van der Waals surface area contributed by atoms with Gasteiger partial charge in [0.25, 0.3) is 29.5 Å². The number of hydrogen-bond donors (Lipinski definition) is 2. The molecule has 0 radical (unpaired) electrons. The highest BCUT2D eigenvalue weighted by molar-refractivity contribution is 6.24. The molecular weight excluding hydrogens is 524 g/mol. The predicted octanol–water partition coefficient (Wildman–Crippen LogP) is 2.53. The molecular formula is C31H28N4O6. The lowest BCUT2D eigenvalue weighted by atomic mass is 9.94. The number of nitrogens with zero attached hydrogens (tertiary/aromatic N) is 2. The molecule has 3 N–H and O–H groups in total. The van der Waals surface area contributed by atoms with Gasteiger partial charge in [-0.05, 0) is 42.2 Å². The summed E-state index contributed by atoms with van der Waals surface area (Å²) in [4.78, 5) is 83.0. The molecule has 2 aliphatic rings. The summed E-state index contributed by atoms with van der Waals surface area (Å²) in [6.45, 7) is 3.63. The number of primary amides is 1. The summed E-state index contributed by atoms with van der Waals surface area (Å²) in [6.07, 6.45) is -0.281. The Kier molecular flexibility index (Phi) is 7.00. The van der Waals surface area contributed by atoms with Gasteiger partial charge in [0.15, 0.2) is 0 Å². The van der Waals surface area contributed by atoms with Gasteiger partial charge in [0.1, 0.15) is 6.04 Å². The second-order valence-corrected chi connectivity index (χ2v) is 10.5. The molecule has 41 heavy (non-hydrogen) atoms. The minimum atomic E-state index is -2.35. The minimum Gasteiger partial charge on any atom is -0.366 e. The van der Waals surface area contributed by atoms with Gasteiger partial charge in [0, 0.05) is 6.42 Å². The van der Waals surface area contributed by atoms with Crippen LogP contribution in [-0.4, -0.2) is 56.9 Å². The Morgan fingerprint density at radius 3 is 1.61 bits per heavy atom. The molecule has 0 saturated carbocycles. The molecule has 0 aromatic heterocycles. The quantitative estimate of drug-likeness (QED) is 0.390. The third-order valence-electron chi connectivity index (χ3n) is 7.35. The van der Waals surface area contributed by atoms with Crippen molar-refractivity contribution in [1.82, 2.24) is 15.1 Å². The lowest BCUT2D eigenvalue weighted by Crippen LogP contribution is -2.72. The first kappa shape index (κ1) is 27.4. The standard InChI is InChI=1S/C31H28N4O6/c1-18(2)16-24(34-26(37)20-12-6-7-13-21(20)27(34)38)25(36)33-31(30(32)41,17-19-10-4-3-5-11-19)35-28(39)22-14-8-9-15-23(22)29(35)40/h3-15,18,24H,16-17H2,1-2H3,(H2,32,41)(H,33,36). The Hall–Kier alpha value is -5.12. The highest BCUT2D eigenvalue weighted by atomic mass is 16.2. The van der Waals surface area contributed by atoms with E-state index in [4.69, 9.17) is 5.73 Å². The van der Waals surface area contributed by atoms with Gasteiger partial charge in [-0.25, -0.2) is 4.90 Å². The van der Waals surface area contributed by atoms with Crippen LogP contribution in [0.4, 0.5) is 0 Å². The van der Waals surface area contributed by atoms with E-state index in [1.165, 1.54) is 24.3 Å². The second kappa shape index (κ2) is 10.5. The van der Waals surface area contributed by atoms with Crippen LogP contribution < -0.4 is 11.1 Å². The van der Waals surface area contributed by atoms with Gasteiger partial charge in [-0.2, -0.15) is 0 Å². The number of benzene rings is 3. The molecule has 3 aromatic carbocycles. The van der Waals surface area contributed by atoms with E-state index in [0.717, 1.165) is 4.90 Å². The monoisotopic (exact) mass is 552 g/mol. The van der Waals surface area contributed by atoms with Gasteiger partial charge in [-0.15, -0.1) is 0 Å². The Labute approximate surface area is 236 Å². The summed E-state index contributed by atoms with van der Waals surface area (Å²) in [7, 11) is 0. The number of hydrogen-bond acceptors (Lipinski definition) is 6. The van der Waals surface area contributed by atoms with Gasteiger partial charge in [0.05, 0.1) is 22.3 Å². The van der Waals surface area contributed by atoms with Gasteiger partial charge in [-0.3, -0.25) is 33.7 Å². The van der Waals surface area contributed by atoms with Crippen LogP contribution in [0.2, 0.25) is 0 Å². The number of amides is 6. The number of fused-ring (bicyclic) bond motifs is 2. The first-order valence-electron chi connectivity index (χ1n) is 13.2. The molecule has 2 aliphatic heterocycles. The molecule has 10 heteroatoms. The van der Waals surface area contributed by atoms with Crippen LogP contribution in [0.1, 0.15) is 67.3 Å². The molecule has 0 fully saturated rings. The summed E-state index contributed by atoms with van der Waals surface area (Å²) in [6, 6.07) is 19.4. The van der Waals surface area contributed by atoms with E-state index in [1.54, 1.807) is 54.6 Å². The Bertz CT molecular complexity index is 1530. The molecule has 0 aliphatic carbocycles. The molecule has 10 nitrogen and oxygen atoms in total. The van der Waals surface area contributed by atoms with Crippen LogP contribution in [0.15, 0.2) is 78.9 Å². The number of nitrogens with one attached hydrogen (secondary N) is 1. The first-order valence-corrected chi connectivity index (χ1v) is 13.2. The van der Waals surface area contributed by atoms with Crippen molar-refractivity contribution in [1.29, 1.82) is 0 Å². The lowest BCUT2D eigenvalue weighted by Gasteiger charge is -2.40. The lowest BCUT2D eigenvalue weighted by molar-refractivity contribution is -0.138. The first-order chi connectivity index (χ1) is 19.6. The number of carbonyl (C=O) groups is 6. The van der Waals surface area contributed by atoms with Crippen molar-refractivity contribution in [3.63, 3.8) is 0 Å². The zero-order valence-electron chi connectivity index (χ0n) is 22.5. The van der Waals surface area contributed by atoms with E-state index in [0.29, 0.717) is 10.5 Å². The van der Waals surface area contributed by atoms with Crippen molar-refractivity contribution in [2.24, 2.45) is 11.7 Å². The Morgan fingerprint density at radius 2 is 1.17 bits per heavy atom. The Balaban J connectivity index is 1.60. The largest absolute Gasteiger partial charge is 0.366 e. The van der Waals surface area contributed by atoms with Gasteiger partial charge >= 0.3 is 0 Å². The van der Waals surface area contributed by atoms with Crippen molar-refractivity contribution in [3.8, 4) is 0 Å². The summed E-state index contributed by atoms with van der Waals surface area (Å²) in [5.41, 5.74) is 4.53. The summed E-state index contributed by atoms with van der Waals surface area (Å²) < 4.78 is 0.